The van der Waals surface area contributed by atoms with Crippen LogP contribution in [-0.4, -0.2) is 6.88 Å². The smallest absolute Gasteiger partial charge is 0.147 e. The minimum Gasteiger partial charge on any atom is -0.147 e. The summed E-state index contributed by atoms with van der Waals surface area (Å²) in [6.45, 7) is 15.7. The van der Waals surface area contributed by atoms with Gasteiger partial charge in [-0.15, -0.1) is 24.8 Å². The Morgan fingerprint density at radius 2 is 0.750 bits per heavy atom. The van der Waals surface area contributed by atoms with Crippen molar-refractivity contribution in [2.75, 3.05) is 0 Å². The molecular weight excluding hydrogens is 919 g/mol. The van der Waals surface area contributed by atoms with Gasteiger partial charge >= 0.3 is 372 Å². The van der Waals surface area contributed by atoms with E-state index in [9.17, 15) is 0 Å². The van der Waals surface area contributed by atoms with E-state index in [4.69, 9.17) is 8.83 Å². The Morgan fingerprint density at radius 3 is 1.08 bits per heavy atom. The van der Waals surface area contributed by atoms with Crippen molar-refractivity contribution in [2.24, 2.45) is 0 Å². The molecule has 2 heterocycles. The second-order valence-corrected chi connectivity index (χ2v) is 49.6. The second kappa shape index (κ2) is 17.1. The molecule has 2 unspecified atom stereocenters. The van der Waals surface area contributed by atoms with Crippen LogP contribution >= 0.6 is 24.8 Å². The van der Waals surface area contributed by atoms with Crippen LogP contribution in [0.25, 0.3) is 67.8 Å². The summed E-state index contributed by atoms with van der Waals surface area (Å²) < 4.78 is 19.2. The van der Waals surface area contributed by atoms with Crippen LogP contribution in [0.4, 0.5) is 0 Å². The van der Waals surface area contributed by atoms with Crippen LogP contribution in [0, 0.1) is 41.5 Å². The zero-order valence-electron chi connectivity index (χ0n) is 38.0. The molecule has 2 aromatic heterocycles. The zero-order valence-corrected chi connectivity index (χ0v) is 43.5. The number of rotatable bonds is 8. The van der Waals surface area contributed by atoms with E-state index in [1.54, 1.807) is 0 Å². The quantitative estimate of drug-likeness (QED) is 0.142. The van der Waals surface area contributed by atoms with Crippen LogP contribution in [0.2, 0.25) is 9.26 Å². The second-order valence-electron chi connectivity index (χ2n) is 19.1. The molecular formula is C58H56Cl2O2SiZr. The first-order chi connectivity index (χ1) is 29.8. The molecule has 6 aromatic carbocycles. The van der Waals surface area contributed by atoms with E-state index in [0.717, 1.165) is 23.0 Å². The summed E-state index contributed by atoms with van der Waals surface area (Å²) in [7, 11) is 0. The average molecular weight is 975 g/mol. The molecule has 8 aromatic rings. The number of halogens is 2. The Labute approximate surface area is 393 Å². The van der Waals surface area contributed by atoms with Crippen LogP contribution in [0.1, 0.15) is 74.8 Å². The zero-order chi connectivity index (χ0) is 43.1. The van der Waals surface area contributed by atoms with E-state index in [-0.39, 0.29) is 32.1 Å². The van der Waals surface area contributed by atoms with Crippen LogP contribution in [0.15, 0.2) is 154 Å². The van der Waals surface area contributed by atoms with Gasteiger partial charge in [-0.05, 0) is 0 Å². The molecule has 2 atom stereocenters. The Morgan fingerprint density at radius 1 is 0.422 bits per heavy atom. The van der Waals surface area contributed by atoms with Gasteiger partial charge in [-0.25, -0.2) is 0 Å². The van der Waals surface area contributed by atoms with Gasteiger partial charge in [0.05, 0.1) is 0 Å². The molecule has 0 bridgehead atoms. The Hall–Kier alpha value is -4.96. The van der Waals surface area contributed by atoms with Crippen molar-refractivity contribution in [1.82, 2.24) is 0 Å². The number of aryl methyl sites for hydroxylation is 4. The summed E-state index contributed by atoms with van der Waals surface area (Å²) in [6, 6.07) is 53.5. The van der Waals surface area contributed by atoms with Gasteiger partial charge in [-0.2, -0.15) is 0 Å². The third-order valence-corrected chi connectivity index (χ3v) is 31.4. The molecule has 2 aliphatic carbocycles. The van der Waals surface area contributed by atoms with Gasteiger partial charge in [0.1, 0.15) is 0 Å². The Balaban J connectivity index is 0.00000280. The molecule has 64 heavy (non-hydrogen) atoms. The standard InChI is InChI=1S/2C28H23O.2CH3.2ClH.H2Si.Zr/c2*1-18-15-24-16-25(27-14-9-19(2)29-27)17-26(24)28(20(18)3)23-12-10-22(11-13-23)21-7-5-4-6-8-21;;;;;;/h2*4-17H,1-3H3;2*1H3;2*1H;1H2;. The molecule has 322 valence electrons. The summed E-state index contributed by atoms with van der Waals surface area (Å²) in [6.07, 6.45) is 5.02. The van der Waals surface area contributed by atoms with E-state index in [1.807, 2.05) is 0 Å². The minimum absolute atomic E-state index is 0. The normalized spacial score (nSPS) is 15.5. The van der Waals surface area contributed by atoms with E-state index in [1.165, 1.54) is 100 Å². The molecule has 0 saturated heterocycles. The third-order valence-electron chi connectivity index (χ3n) is 14.2. The molecule has 0 N–H and O–H groups in total. The number of hydrogen-bond acceptors (Lipinski definition) is 2. The molecule has 0 spiro atoms. The maximum atomic E-state index is 6.68. The molecule has 0 saturated carbocycles. The maximum Gasteiger partial charge on any atom is -0.147 e. The summed E-state index contributed by atoms with van der Waals surface area (Å²) in [5.41, 5.74) is 23.6. The van der Waals surface area contributed by atoms with Gasteiger partial charge in [0.2, 0.25) is 0 Å². The van der Waals surface area contributed by atoms with Crippen molar-refractivity contribution < 1.29 is 26.2 Å². The Kier molecular flexibility index (Phi) is 12.2. The molecule has 10 rings (SSSR count). The summed E-state index contributed by atoms with van der Waals surface area (Å²) in [5, 5.41) is 0. The predicted octanol–water partition coefficient (Wildman–Crippen LogP) is 16.5. The fourth-order valence-corrected chi connectivity index (χ4v) is 29.4. The molecule has 0 radical (unpaired) electrons. The van der Waals surface area contributed by atoms with Crippen molar-refractivity contribution in [3.05, 3.63) is 213 Å². The SMILES string of the molecule is Cc1ccc(C2=Cc3c(cc(C)c(C)c3-c3ccc(-c4ccccc4)cc3)[CH]2[Zr]([CH3])([CH3])(=[SiH2])[CH]2C(c3ccc(C)o3)=Cc3c2cc(C)c(C)c3-c2ccc(-c3ccccc3)cc2)o1.Cl.Cl. The van der Waals surface area contributed by atoms with Crippen LogP contribution in [0.5, 0.6) is 0 Å². The number of hydrogen-bond donors (Lipinski definition) is 0. The number of allylic oxidation sites excluding steroid dienone is 2. The van der Waals surface area contributed by atoms with Crippen molar-refractivity contribution in [3.8, 4) is 44.5 Å². The number of fused-ring (bicyclic) bond motifs is 2. The Bertz CT molecular complexity index is 2990. The van der Waals surface area contributed by atoms with Crippen LogP contribution < -0.4 is 0 Å². The van der Waals surface area contributed by atoms with Crippen molar-refractivity contribution in [1.29, 1.82) is 0 Å². The summed E-state index contributed by atoms with van der Waals surface area (Å²) in [5.74, 6) is 3.84. The van der Waals surface area contributed by atoms with Gasteiger partial charge in [0.25, 0.3) is 0 Å². The van der Waals surface area contributed by atoms with E-state index < -0.39 is 17.4 Å². The number of benzene rings is 6. The molecule has 2 aliphatic rings. The fourth-order valence-electron chi connectivity index (χ4n) is 11.0. The van der Waals surface area contributed by atoms with Gasteiger partial charge in [-0.1, -0.05) is 0 Å². The maximum absolute atomic E-state index is 6.68. The first-order valence-corrected chi connectivity index (χ1v) is 35.7. The predicted molar refractivity (Wildman–Crippen MR) is 276 cm³/mol. The van der Waals surface area contributed by atoms with Gasteiger partial charge in [0, 0.05) is 0 Å². The molecule has 0 aliphatic heterocycles. The summed E-state index contributed by atoms with van der Waals surface area (Å²) >= 11 is -4.32. The van der Waals surface area contributed by atoms with E-state index >= 15 is 0 Å². The molecule has 0 amide bonds. The van der Waals surface area contributed by atoms with Crippen molar-refractivity contribution in [2.45, 2.75) is 58.1 Å². The fraction of sp³-hybridized carbons (Fsp3) is 0.172. The first-order valence-electron chi connectivity index (χ1n) is 22.0. The number of furan rings is 2. The molecule has 0 fully saturated rings. The minimum atomic E-state index is -4.32. The van der Waals surface area contributed by atoms with Crippen molar-refractivity contribution in [3.63, 3.8) is 0 Å². The summed E-state index contributed by atoms with van der Waals surface area (Å²) in [4.78, 5) is 0. The topological polar surface area (TPSA) is 26.3 Å². The first kappa shape index (κ1) is 45.6. The van der Waals surface area contributed by atoms with Crippen molar-refractivity contribution >= 4 is 55.0 Å². The van der Waals surface area contributed by atoms with Gasteiger partial charge in [-0.3, -0.25) is 0 Å². The average Bonchev–Trinajstić information content (AvgIpc) is 4.08. The van der Waals surface area contributed by atoms with E-state index in [0.29, 0.717) is 0 Å². The van der Waals surface area contributed by atoms with Crippen LogP contribution in [-0.2, 0) is 17.4 Å². The van der Waals surface area contributed by atoms with Gasteiger partial charge in [0.15, 0.2) is 0 Å². The third kappa shape index (κ3) is 7.65. The van der Waals surface area contributed by atoms with E-state index in [2.05, 4.69) is 215 Å². The van der Waals surface area contributed by atoms with Crippen LogP contribution in [0.3, 0.4) is 0 Å². The van der Waals surface area contributed by atoms with Gasteiger partial charge < -0.3 is 0 Å². The monoisotopic (exact) mass is 972 g/mol. The largest absolute Gasteiger partial charge is 0.147 e. The molecule has 2 nitrogen and oxygen atoms in total. The molecule has 6 heteroatoms.